The number of nitrogens with two attached hydrogens (primary N) is 1. The molecule has 0 atom stereocenters. The topological polar surface area (TPSA) is 94.0 Å². The summed E-state index contributed by atoms with van der Waals surface area (Å²) in [5, 5.41) is 17.1. The van der Waals surface area contributed by atoms with Crippen LogP contribution in [0.25, 0.3) is 0 Å². The lowest BCUT2D eigenvalue weighted by molar-refractivity contribution is -0.133. The van der Waals surface area contributed by atoms with Crippen LogP contribution in [0.3, 0.4) is 0 Å². The summed E-state index contributed by atoms with van der Waals surface area (Å²) in [6.07, 6.45) is 2.37. The molecule has 0 aliphatic heterocycles. The van der Waals surface area contributed by atoms with Crippen molar-refractivity contribution in [1.82, 2.24) is 14.8 Å². The second kappa shape index (κ2) is 4.79. The third-order valence-electron chi connectivity index (χ3n) is 3.66. The van der Waals surface area contributed by atoms with E-state index in [0.29, 0.717) is 17.0 Å². The second-order valence-corrected chi connectivity index (χ2v) is 6.07. The van der Waals surface area contributed by atoms with E-state index in [1.165, 1.54) is 24.6 Å². The summed E-state index contributed by atoms with van der Waals surface area (Å²) in [5.74, 6) is 0.0665. The number of thioether (sulfide) groups is 1. The van der Waals surface area contributed by atoms with Crippen LogP contribution in [0.5, 0.6) is 0 Å². The Morgan fingerprint density at radius 3 is 2.72 bits per heavy atom. The molecule has 0 spiro atoms. The van der Waals surface area contributed by atoms with Crippen LogP contribution in [-0.4, -0.2) is 31.6 Å². The molecular formula is C11H18N4O2S. The van der Waals surface area contributed by atoms with Gasteiger partial charge in [-0.25, -0.2) is 0 Å². The Bertz CT molecular complexity index is 454. The molecule has 3 N–H and O–H groups in total. The Balaban J connectivity index is 2.12. The average molecular weight is 270 g/mol. The summed E-state index contributed by atoms with van der Waals surface area (Å²) in [4.78, 5) is 10.6. The zero-order chi connectivity index (χ0) is 13.3. The maximum atomic E-state index is 10.6. The van der Waals surface area contributed by atoms with Gasteiger partial charge in [-0.05, 0) is 24.2 Å². The van der Waals surface area contributed by atoms with Crippen molar-refractivity contribution in [2.24, 2.45) is 11.3 Å². The Kier molecular flexibility index (Phi) is 3.52. The first-order valence-electron chi connectivity index (χ1n) is 5.98. The highest BCUT2D eigenvalue weighted by molar-refractivity contribution is 7.99. The van der Waals surface area contributed by atoms with Gasteiger partial charge in [0.15, 0.2) is 5.16 Å². The van der Waals surface area contributed by atoms with E-state index in [4.69, 9.17) is 10.8 Å². The van der Waals surface area contributed by atoms with Crippen molar-refractivity contribution in [2.75, 3.05) is 11.5 Å². The SMILES string of the molecule is CC(C)C1(Cn2c(N)nnc2SCC(=O)O)CC1. The van der Waals surface area contributed by atoms with E-state index in [2.05, 4.69) is 24.0 Å². The van der Waals surface area contributed by atoms with Crippen LogP contribution in [0.4, 0.5) is 5.95 Å². The lowest BCUT2D eigenvalue weighted by Crippen LogP contribution is -2.19. The number of hydrogen-bond donors (Lipinski definition) is 2. The Labute approximate surface area is 110 Å². The van der Waals surface area contributed by atoms with Crippen LogP contribution in [0.2, 0.25) is 0 Å². The molecule has 100 valence electrons. The first-order valence-corrected chi connectivity index (χ1v) is 6.96. The minimum absolute atomic E-state index is 0.0210. The van der Waals surface area contributed by atoms with Crippen LogP contribution in [0.1, 0.15) is 26.7 Å². The predicted octanol–water partition coefficient (Wildman–Crippen LogP) is 1.47. The average Bonchev–Trinajstić information content (AvgIpc) is 3.00. The number of aromatic nitrogens is 3. The van der Waals surface area contributed by atoms with Crippen molar-refractivity contribution in [2.45, 2.75) is 38.4 Å². The Hall–Kier alpha value is -1.24. The van der Waals surface area contributed by atoms with Gasteiger partial charge in [0, 0.05) is 6.54 Å². The van der Waals surface area contributed by atoms with Crippen molar-refractivity contribution < 1.29 is 9.90 Å². The van der Waals surface area contributed by atoms with Crippen molar-refractivity contribution in [3.8, 4) is 0 Å². The molecule has 1 aromatic heterocycles. The Morgan fingerprint density at radius 2 is 2.22 bits per heavy atom. The first kappa shape index (κ1) is 13.2. The van der Waals surface area contributed by atoms with E-state index in [0.717, 1.165) is 6.54 Å². The molecule has 1 fully saturated rings. The molecular weight excluding hydrogens is 252 g/mol. The zero-order valence-corrected chi connectivity index (χ0v) is 11.4. The molecule has 0 aromatic carbocycles. The van der Waals surface area contributed by atoms with Gasteiger partial charge in [0.1, 0.15) is 0 Å². The molecule has 1 aliphatic carbocycles. The number of nitrogen functional groups attached to an aromatic ring is 1. The number of nitrogens with zero attached hydrogens (tertiary/aromatic N) is 3. The first-order chi connectivity index (χ1) is 8.44. The third kappa shape index (κ3) is 2.60. The van der Waals surface area contributed by atoms with Gasteiger partial charge in [0.2, 0.25) is 5.95 Å². The van der Waals surface area contributed by atoms with E-state index >= 15 is 0 Å². The highest BCUT2D eigenvalue weighted by Gasteiger charge is 2.46. The number of aliphatic carboxylic acids is 1. The monoisotopic (exact) mass is 270 g/mol. The fourth-order valence-corrected chi connectivity index (χ4v) is 2.74. The maximum absolute atomic E-state index is 10.6. The van der Waals surface area contributed by atoms with Gasteiger partial charge in [0.25, 0.3) is 0 Å². The maximum Gasteiger partial charge on any atom is 0.313 e. The number of anilines is 1. The lowest BCUT2D eigenvalue weighted by atomic mass is 9.92. The van der Waals surface area contributed by atoms with Crippen LogP contribution in [-0.2, 0) is 11.3 Å². The summed E-state index contributed by atoms with van der Waals surface area (Å²) >= 11 is 1.17. The van der Waals surface area contributed by atoms with E-state index < -0.39 is 5.97 Å². The number of rotatable bonds is 6. The molecule has 1 heterocycles. The van der Waals surface area contributed by atoms with Gasteiger partial charge in [-0.1, -0.05) is 25.6 Å². The molecule has 18 heavy (non-hydrogen) atoms. The quantitative estimate of drug-likeness (QED) is 0.760. The van der Waals surface area contributed by atoms with E-state index in [9.17, 15) is 4.79 Å². The third-order valence-corrected chi connectivity index (χ3v) is 4.61. The van der Waals surface area contributed by atoms with Crippen molar-refractivity contribution in [3.05, 3.63) is 0 Å². The minimum atomic E-state index is -0.863. The molecule has 0 saturated heterocycles. The summed E-state index contributed by atoms with van der Waals surface area (Å²) in [5.41, 5.74) is 6.10. The van der Waals surface area contributed by atoms with Gasteiger partial charge in [-0.3, -0.25) is 9.36 Å². The molecule has 0 amide bonds. The van der Waals surface area contributed by atoms with Crippen LogP contribution >= 0.6 is 11.8 Å². The molecule has 2 rings (SSSR count). The standard InChI is InChI=1S/C11H18N4O2S/c1-7(2)11(3-4-11)6-15-9(12)13-14-10(15)18-5-8(16)17/h7H,3-6H2,1-2H3,(H2,12,13)(H,16,17). The minimum Gasteiger partial charge on any atom is -0.481 e. The smallest absolute Gasteiger partial charge is 0.313 e. The molecule has 6 nitrogen and oxygen atoms in total. The lowest BCUT2D eigenvalue weighted by Gasteiger charge is -2.21. The normalized spacial score (nSPS) is 17.1. The molecule has 7 heteroatoms. The van der Waals surface area contributed by atoms with Gasteiger partial charge in [0.05, 0.1) is 5.75 Å². The second-order valence-electron chi connectivity index (χ2n) is 5.13. The Morgan fingerprint density at radius 1 is 1.56 bits per heavy atom. The summed E-state index contributed by atoms with van der Waals surface area (Å²) < 4.78 is 1.85. The zero-order valence-electron chi connectivity index (χ0n) is 10.6. The summed E-state index contributed by atoms with van der Waals surface area (Å²) in [6.45, 7) is 5.20. The van der Waals surface area contributed by atoms with E-state index in [1.54, 1.807) is 0 Å². The summed E-state index contributed by atoms with van der Waals surface area (Å²) in [6, 6.07) is 0. The van der Waals surface area contributed by atoms with Crippen molar-refractivity contribution >= 4 is 23.7 Å². The molecule has 0 unspecified atom stereocenters. The molecule has 1 aromatic rings. The van der Waals surface area contributed by atoms with Crippen LogP contribution < -0.4 is 5.73 Å². The number of carboxylic acid groups (broad SMARTS) is 1. The number of carbonyl (C=O) groups is 1. The fraction of sp³-hybridized carbons (Fsp3) is 0.727. The van der Waals surface area contributed by atoms with Gasteiger partial charge in [-0.15, -0.1) is 10.2 Å². The van der Waals surface area contributed by atoms with Gasteiger partial charge < -0.3 is 10.8 Å². The highest BCUT2D eigenvalue weighted by Crippen LogP contribution is 2.53. The molecule has 0 radical (unpaired) electrons. The largest absolute Gasteiger partial charge is 0.481 e. The molecule has 0 bridgehead atoms. The van der Waals surface area contributed by atoms with Gasteiger partial charge >= 0.3 is 5.97 Å². The van der Waals surface area contributed by atoms with Crippen LogP contribution in [0.15, 0.2) is 5.16 Å². The molecule has 1 aliphatic rings. The predicted molar refractivity (Wildman–Crippen MR) is 69.3 cm³/mol. The number of hydrogen-bond acceptors (Lipinski definition) is 5. The van der Waals surface area contributed by atoms with E-state index in [1.807, 2.05) is 4.57 Å². The van der Waals surface area contributed by atoms with Crippen molar-refractivity contribution in [3.63, 3.8) is 0 Å². The summed E-state index contributed by atoms with van der Waals surface area (Å²) in [7, 11) is 0. The fourth-order valence-electron chi connectivity index (χ4n) is 2.08. The molecule has 1 saturated carbocycles. The van der Waals surface area contributed by atoms with E-state index in [-0.39, 0.29) is 11.2 Å². The highest BCUT2D eigenvalue weighted by atomic mass is 32.2. The van der Waals surface area contributed by atoms with Gasteiger partial charge in [-0.2, -0.15) is 0 Å². The van der Waals surface area contributed by atoms with Crippen LogP contribution in [0, 0.1) is 11.3 Å². The van der Waals surface area contributed by atoms with Crippen molar-refractivity contribution in [1.29, 1.82) is 0 Å². The number of carboxylic acids is 1.